The van der Waals surface area contributed by atoms with Crippen LogP contribution in [0, 0.1) is 13.8 Å². The molecule has 39 heavy (non-hydrogen) atoms. The van der Waals surface area contributed by atoms with Crippen LogP contribution in [-0.2, 0) is 17.9 Å². The number of halogens is 4. The van der Waals surface area contributed by atoms with Gasteiger partial charge in [-0.15, -0.1) is 0 Å². The Morgan fingerprint density at radius 2 is 1.77 bits per heavy atom. The van der Waals surface area contributed by atoms with Gasteiger partial charge in [-0.3, -0.25) is 9.48 Å². The molecule has 0 unspecified atom stereocenters. The molecule has 4 rings (SSSR count). The highest BCUT2D eigenvalue weighted by Crippen LogP contribution is 2.31. The molecule has 10 heteroatoms. The van der Waals surface area contributed by atoms with Crippen molar-refractivity contribution in [2.24, 2.45) is 0 Å². The summed E-state index contributed by atoms with van der Waals surface area (Å²) in [7, 11) is 1.60. The quantitative estimate of drug-likeness (QED) is 0.185. The summed E-state index contributed by atoms with van der Waals surface area (Å²) in [6.07, 6.45) is 3.21. The van der Waals surface area contributed by atoms with Crippen LogP contribution in [0.25, 0.3) is 6.08 Å². The van der Waals surface area contributed by atoms with Crippen LogP contribution >= 0.6 is 50.7 Å². The van der Waals surface area contributed by atoms with Crippen LogP contribution in [0.15, 0.2) is 65.1 Å². The average Bonchev–Trinajstić information content (AvgIpc) is 3.16. The van der Waals surface area contributed by atoms with E-state index in [4.69, 9.17) is 44.3 Å². The summed E-state index contributed by atoms with van der Waals surface area (Å²) >= 11 is 22.1. The number of nitrogens with zero attached hydrogens (tertiary/aromatic N) is 2. The molecule has 3 aromatic carbocycles. The second-order valence-electron chi connectivity index (χ2n) is 8.66. The zero-order chi connectivity index (χ0) is 28.1. The van der Waals surface area contributed by atoms with Crippen molar-refractivity contribution in [3.63, 3.8) is 0 Å². The fraction of sp³-hybridized carbons (Fsp3) is 0.172. The van der Waals surface area contributed by atoms with E-state index < -0.39 is 0 Å². The standard InChI is InChI=1S/C29H25BrCl3N3O3/c1-17-29(18(2)36(35-17)15-22-24(32)5-4-6-25(22)33)34-28(37)12-8-19-7-10-26(38-3)20(13-19)16-39-27-11-9-21(31)14-23(27)30/h4-14H,15-16H2,1-3H3,(H,34,37)/b12-8-. The van der Waals surface area contributed by atoms with Crippen molar-refractivity contribution in [1.29, 1.82) is 0 Å². The number of aromatic nitrogens is 2. The number of hydrogen-bond donors (Lipinski definition) is 1. The fourth-order valence-electron chi connectivity index (χ4n) is 3.96. The van der Waals surface area contributed by atoms with E-state index in [2.05, 4.69) is 26.3 Å². The van der Waals surface area contributed by atoms with Crippen molar-refractivity contribution < 1.29 is 14.3 Å². The summed E-state index contributed by atoms with van der Waals surface area (Å²) in [6.45, 7) is 4.38. The third kappa shape index (κ3) is 7.17. The van der Waals surface area contributed by atoms with Gasteiger partial charge < -0.3 is 14.8 Å². The highest BCUT2D eigenvalue weighted by molar-refractivity contribution is 9.10. The minimum Gasteiger partial charge on any atom is -0.496 e. The molecule has 6 nitrogen and oxygen atoms in total. The maximum Gasteiger partial charge on any atom is 0.248 e. The molecular weight excluding hydrogens is 625 g/mol. The summed E-state index contributed by atoms with van der Waals surface area (Å²) in [5.41, 5.74) is 4.54. The SMILES string of the molecule is COc1ccc(/C=C\C(=O)Nc2c(C)nn(Cc3c(Cl)cccc3Cl)c2C)cc1COc1ccc(Cl)cc1Br. The molecule has 0 aliphatic carbocycles. The van der Waals surface area contributed by atoms with Crippen LogP contribution in [0.3, 0.4) is 0 Å². The number of benzene rings is 3. The number of anilines is 1. The Bertz CT molecular complexity index is 1530. The maximum absolute atomic E-state index is 12.8. The molecule has 1 heterocycles. The van der Waals surface area contributed by atoms with Crippen LogP contribution in [0.1, 0.15) is 28.1 Å². The van der Waals surface area contributed by atoms with E-state index in [1.807, 2.05) is 32.0 Å². The summed E-state index contributed by atoms with van der Waals surface area (Å²) < 4.78 is 14.0. The van der Waals surface area contributed by atoms with Gasteiger partial charge in [0.2, 0.25) is 5.91 Å². The molecule has 0 bridgehead atoms. The van der Waals surface area contributed by atoms with Gasteiger partial charge in [-0.2, -0.15) is 5.10 Å². The molecule has 0 fully saturated rings. The molecule has 1 aromatic heterocycles. The summed E-state index contributed by atoms with van der Waals surface area (Å²) in [5, 5.41) is 9.24. The lowest BCUT2D eigenvalue weighted by atomic mass is 10.1. The Balaban J connectivity index is 1.46. The zero-order valence-electron chi connectivity index (χ0n) is 21.4. The van der Waals surface area contributed by atoms with Gasteiger partial charge in [-0.25, -0.2) is 0 Å². The number of ether oxygens (including phenoxy) is 2. The molecule has 0 saturated carbocycles. The van der Waals surface area contributed by atoms with E-state index in [0.29, 0.717) is 44.5 Å². The molecule has 0 saturated heterocycles. The molecule has 0 atom stereocenters. The summed E-state index contributed by atoms with van der Waals surface area (Å²) in [4.78, 5) is 12.8. The van der Waals surface area contributed by atoms with Gasteiger partial charge in [0, 0.05) is 32.3 Å². The predicted octanol–water partition coefficient (Wildman–Crippen LogP) is 8.51. The van der Waals surface area contributed by atoms with Crippen molar-refractivity contribution in [3.8, 4) is 11.5 Å². The Morgan fingerprint density at radius 3 is 2.46 bits per heavy atom. The highest BCUT2D eigenvalue weighted by atomic mass is 79.9. The average molecular weight is 650 g/mol. The first-order valence-corrected chi connectivity index (χ1v) is 13.8. The monoisotopic (exact) mass is 647 g/mol. The first-order chi connectivity index (χ1) is 18.7. The minimum atomic E-state index is -0.282. The third-order valence-electron chi connectivity index (χ3n) is 6.01. The fourth-order valence-corrected chi connectivity index (χ4v) is 5.28. The number of nitrogens with one attached hydrogen (secondary N) is 1. The van der Waals surface area contributed by atoms with Crippen LogP contribution in [0.5, 0.6) is 11.5 Å². The predicted molar refractivity (Wildman–Crippen MR) is 161 cm³/mol. The van der Waals surface area contributed by atoms with Crippen molar-refractivity contribution >= 4 is 68.4 Å². The van der Waals surface area contributed by atoms with Gasteiger partial charge in [0.1, 0.15) is 18.1 Å². The molecule has 0 aliphatic heterocycles. The van der Waals surface area contributed by atoms with Gasteiger partial charge in [0.15, 0.2) is 0 Å². The topological polar surface area (TPSA) is 65.4 Å². The van der Waals surface area contributed by atoms with Crippen molar-refractivity contribution in [3.05, 3.63) is 108 Å². The van der Waals surface area contributed by atoms with E-state index in [1.165, 1.54) is 6.08 Å². The first-order valence-electron chi connectivity index (χ1n) is 11.9. The number of methoxy groups -OCH3 is 1. The maximum atomic E-state index is 12.8. The van der Waals surface area contributed by atoms with Crippen LogP contribution in [0.4, 0.5) is 5.69 Å². The Labute approximate surface area is 250 Å². The second kappa shape index (κ2) is 12.9. The van der Waals surface area contributed by atoms with Crippen molar-refractivity contribution in [1.82, 2.24) is 9.78 Å². The third-order valence-corrected chi connectivity index (χ3v) is 7.57. The number of hydrogen-bond acceptors (Lipinski definition) is 4. The van der Waals surface area contributed by atoms with E-state index in [-0.39, 0.29) is 12.5 Å². The molecule has 1 N–H and O–H groups in total. The number of carbonyl (C=O) groups is 1. The van der Waals surface area contributed by atoms with Crippen molar-refractivity contribution in [2.45, 2.75) is 27.0 Å². The minimum absolute atomic E-state index is 0.268. The molecule has 0 spiro atoms. The van der Waals surface area contributed by atoms with E-state index in [0.717, 1.165) is 26.9 Å². The largest absolute Gasteiger partial charge is 0.496 e. The van der Waals surface area contributed by atoms with Gasteiger partial charge >= 0.3 is 0 Å². The molecular formula is C29H25BrCl3N3O3. The molecule has 0 radical (unpaired) electrons. The summed E-state index contributed by atoms with van der Waals surface area (Å²) in [5.74, 6) is 1.05. The van der Waals surface area contributed by atoms with Gasteiger partial charge in [0.25, 0.3) is 0 Å². The smallest absolute Gasteiger partial charge is 0.248 e. The van der Waals surface area contributed by atoms with Gasteiger partial charge in [-0.05, 0) is 83.9 Å². The Kier molecular flexibility index (Phi) is 9.62. The Morgan fingerprint density at radius 1 is 1.05 bits per heavy atom. The van der Waals surface area contributed by atoms with Crippen LogP contribution in [-0.4, -0.2) is 22.8 Å². The lowest BCUT2D eigenvalue weighted by molar-refractivity contribution is -0.111. The lowest BCUT2D eigenvalue weighted by Gasteiger charge is -2.12. The second-order valence-corrected chi connectivity index (χ2v) is 10.8. The number of amides is 1. The van der Waals surface area contributed by atoms with E-state index in [9.17, 15) is 4.79 Å². The first kappa shape index (κ1) is 29.0. The van der Waals surface area contributed by atoms with E-state index in [1.54, 1.807) is 54.3 Å². The summed E-state index contributed by atoms with van der Waals surface area (Å²) in [6, 6.07) is 16.3. The van der Waals surface area contributed by atoms with Gasteiger partial charge in [0.05, 0.1) is 35.2 Å². The lowest BCUT2D eigenvalue weighted by Crippen LogP contribution is -2.10. The Hall–Kier alpha value is -2.97. The van der Waals surface area contributed by atoms with E-state index >= 15 is 0 Å². The van der Waals surface area contributed by atoms with Crippen LogP contribution < -0.4 is 14.8 Å². The van der Waals surface area contributed by atoms with Crippen LogP contribution in [0.2, 0.25) is 15.1 Å². The van der Waals surface area contributed by atoms with Crippen molar-refractivity contribution in [2.75, 3.05) is 12.4 Å². The zero-order valence-corrected chi connectivity index (χ0v) is 25.2. The molecule has 1 amide bonds. The number of carbonyl (C=O) groups excluding carboxylic acids is 1. The van der Waals surface area contributed by atoms with Gasteiger partial charge in [-0.1, -0.05) is 46.9 Å². The molecule has 4 aromatic rings. The number of rotatable bonds is 9. The number of aryl methyl sites for hydroxylation is 1. The molecule has 0 aliphatic rings. The molecule has 202 valence electrons. The highest BCUT2D eigenvalue weighted by Gasteiger charge is 2.16. The normalized spacial score (nSPS) is 11.2.